The van der Waals surface area contributed by atoms with Gasteiger partial charge in [-0.1, -0.05) is 0 Å². The highest BCUT2D eigenvalue weighted by atomic mass is 32.1. The van der Waals surface area contributed by atoms with Crippen LogP contribution in [0.2, 0.25) is 0 Å². The number of likely N-dealkylation sites (N-methyl/N-ethyl adjacent to an activating group) is 1. The summed E-state index contributed by atoms with van der Waals surface area (Å²) in [4.78, 5) is 12.0. The van der Waals surface area contributed by atoms with E-state index in [9.17, 15) is 4.79 Å². The lowest BCUT2D eigenvalue weighted by molar-refractivity contribution is -0.140. The Hall–Kier alpha value is -0.840. The summed E-state index contributed by atoms with van der Waals surface area (Å²) < 4.78 is 0. The van der Waals surface area contributed by atoms with Crippen molar-refractivity contribution in [2.75, 3.05) is 12.8 Å². The molecule has 0 aromatic heterocycles. The van der Waals surface area contributed by atoms with E-state index in [1.807, 2.05) is 0 Å². The molecule has 0 amide bonds. The van der Waals surface area contributed by atoms with E-state index >= 15 is 0 Å². The maximum atomic E-state index is 10.5. The first-order valence-corrected chi connectivity index (χ1v) is 3.70. The molecule has 5 heteroatoms. The topological polar surface area (TPSA) is 66.6 Å². The Labute approximate surface area is 71.1 Å². The van der Waals surface area contributed by atoms with E-state index < -0.39 is 12.0 Å². The Kier molecular flexibility index (Phi) is 4.52. The molecule has 0 aliphatic rings. The van der Waals surface area contributed by atoms with Crippen LogP contribution in [0.4, 0.5) is 0 Å². The summed E-state index contributed by atoms with van der Waals surface area (Å²) in [5.41, 5.74) is 5.08. The van der Waals surface area contributed by atoms with Crippen LogP contribution in [-0.4, -0.2) is 34.8 Å². The highest BCUT2D eigenvalue weighted by Gasteiger charge is 2.17. The molecule has 0 aliphatic carbocycles. The van der Waals surface area contributed by atoms with Crippen molar-refractivity contribution in [3.63, 3.8) is 0 Å². The lowest BCUT2D eigenvalue weighted by atomic mass is 10.3. The number of thiol groups is 1. The Morgan fingerprint density at radius 3 is 2.73 bits per heavy atom. The van der Waals surface area contributed by atoms with Gasteiger partial charge in [0.1, 0.15) is 6.04 Å². The summed E-state index contributed by atoms with van der Waals surface area (Å²) in [5, 5.41) is 8.61. The Morgan fingerprint density at radius 1 is 1.91 bits per heavy atom. The molecule has 0 fully saturated rings. The lowest BCUT2D eigenvalue weighted by Gasteiger charge is -2.20. The second kappa shape index (κ2) is 4.90. The fraction of sp³-hybridized carbons (Fsp3) is 0.500. The monoisotopic (exact) mass is 176 g/mol. The molecule has 0 heterocycles. The average Bonchev–Trinajstić information content (AvgIpc) is 1.88. The highest BCUT2D eigenvalue weighted by Crippen LogP contribution is 1.99. The van der Waals surface area contributed by atoms with E-state index in [0.29, 0.717) is 0 Å². The van der Waals surface area contributed by atoms with Gasteiger partial charge in [0.2, 0.25) is 0 Å². The molecule has 4 nitrogen and oxygen atoms in total. The molecule has 11 heavy (non-hydrogen) atoms. The minimum absolute atomic E-state index is 0.260. The highest BCUT2D eigenvalue weighted by molar-refractivity contribution is 7.80. The number of carboxylic acid groups (broad SMARTS) is 1. The van der Waals surface area contributed by atoms with Gasteiger partial charge in [-0.25, -0.2) is 4.79 Å². The van der Waals surface area contributed by atoms with Gasteiger partial charge in [0.05, 0.1) is 0 Å². The molecule has 1 unspecified atom stereocenters. The molecule has 0 aromatic carbocycles. The normalized spacial score (nSPS) is 13.3. The summed E-state index contributed by atoms with van der Waals surface area (Å²) in [6.07, 6.45) is 2.79. The average molecular weight is 176 g/mol. The molecule has 0 aromatic rings. The minimum Gasteiger partial charge on any atom is -0.480 e. The largest absolute Gasteiger partial charge is 0.480 e. The van der Waals surface area contributed by atoms with Gasteiger partial charge in [-0.15, -0.1) is 0 Å². The summed E-state index contributed by atoms with van der Waals surface area (Å²) >= 11 is 3.89. The Balaban J connectivity index is 4.13. The van der Waals surface area contributed by atoms with Gasteiger partial charge in [-0.2, -0.15) is 12.6 Å². The molecule has 64 valence electrons. The number of carbonyl (C=O) groups is 1. The standard InChI is InChI=1S/C6H12N2O2S/c1-8(3-2-7)5(4-11)6(9)10/h2-3,5,11H,4,7H2,1H3,(H,9,10). The van der Waals surface area contributed by atoms with Crippen molar-refractivity contribution in [1.82, 2.24) is 4.90 Å². The summed E-state index contributed by atoms with van der Waals surface area (Å²) in [7, 11) is 1.64. The van der Waals surface area contributed by atoms with Crippen molar-refractivity contribution in [3.8, 4) is 0 Å². The van der Waals surface area contributed by atoms with E-state index in [4.69, 9.17) is 10.8 Å². The third-order valence-corrected chi connectivity index (χ3v) is 1.62. The van der Waals surface area contributed by atoms with Gasteiger partial charge in [-0.3, -0.25) is 0 Å². The van der Waals surface area contributed by atoms with Crippen LogP contribution < -0.4 is 5.73 Å². The maximum absolute atomic E-state index is 10.5. The van der Waals surface area contributed by atoms with Crippen LogP contribution in [-0.2, 0) is 4.79 Å². The van der Waals surface area contributed by atoms with Crippen molar-refractivity contribution in [1.29, 1.82) is 0 Å². The van der Waals surface area contributed by atoms with Crippen LogP contribution in [0, 0.1) is 0 Å². The van der Waals surface area contributed by atoms with Crippen molar-refractivity contribution in [2.45, 2.75) is 6.04 Å². The summed E-state index contributed by atoms with van der Waals surface area (Å²) in [6, 6.07) is -0.613. The third-order valence-electron chi connectivity index (χ3n) is 1.27. The van der Waals surface area contributed by atoms with Crippen LogP contribution in [0.15, 0.2) is 12.4 Å². The second-order valence-electron chi connectivity index (χ2n) is 2.04. The predicted octanol–water partition coefficient (Wildman–Crippen LogP) is -0.269. The van der Waals surface area contributed by atoms with Gasteiger partial charge in [0.15, 0.2) is 0 Å². The minimum atomic E-state index is -0.902. The van der Waals surface area contributed by atoms with Crippen molar-refractivity contribution < 1.29 is 9.90 Å². The molecule has 0 saturated heterocycles. The zero-order valence-corrected chi connectivity index (χ0v) is 7.16. The van der Waals surface area contributed by atoms with Crippen LogP contribution >= 0.6 is 12.6 Å². The van der Waals surface area contributed by atoms with Gasteiger partial charge < -0.3 is 15.7 Å². The molecule has 0 saturated carbocycles. The number of hydrogen-bond acceptors (Lipinski definition) is 4. The van der Waals surface area contributed by atoms with E-state index in [2.05, 4.69) is 12.6 Å². The number of aliphatic carboxylic acids is 1. The molecule has 1 atom stereocenters. The van der Waals surface area contributed by atoms with Gasteiger partial charge >= 0.3 is 5.97 Å². The number of nitrogens with two attached hydrogens (primary N) is 1. The maximum Gasteiger partial charge on any atom is 0.327 e. The lowest BCUT2D eigenvalue weighted by Crippen LogP contribution is -2.36. The Bertz CT molecular complexity index is 161. The van der Waals surface area contributed by atoms with E-state index in [1.165, 1.54) is 17.3 Å². The zero-order chi connectivity index (χ0) is 8.85. The molecular weight excluding hydrogens is 164 g/mol. The number of nitrogens with zero attached hydrogens (tertiary/aromatic N) is 1. The quantitative estimate of drug-likeness (QED) is 0.516. The third kappa shape index (κ3) is 3.18. The van der Waals surface area contributed by atoms with Crippen molar-refractivity contribution in [2.24, 2.45) is 5.73 Å². The first-order chi connectivity index (χ1) is 5.13. The Morgan fingerprint density at radius 2 is 2.45 bits per heavy atom. The fourth-order valence-corrected chi connectivity index (χ4v) is 1.03. The summed E-state index contributed by atoms with van der Waals surface area (Å²) in [5.74, 6) is -0.642. The van der Waals surface area contributed by atoms with Crippen molar-refractivity contribution >= 4 is 18.6 Å². The van der Waals surface area contributed by atoms with Crippen LogP contribution in [0.5, 0.6) is 0 Å². The van der Waals surface area contributed by atoms with Crippen LogP contribution in [0.25, 0.3) is 0 Å². The van der Waals surface area contributed by atoms with Gasteiger partial charge in [-0.05, 0) is 0 Å². The molecule has 0 rings (SSSR count). The molecule has 0 spiro atoms. The van der Waals surface area contributed by atoms with Crippen LogP contribution in [0.1, 0.15) is 0 Å². The first-order valence-electron chi connectivity index (χ1n) is 3.07. The molecular formula is C6H12N2O2S. The van der Waals surface area contributed by atoms with Crippen LogP contribution in [0.3, 0.4) is 0 Å². The SMILES string of the molecule is CN(C=CN)C(CS)C(=O)O. The zero-order valence-electron chi connectivity index (χ0n) is 6.27. The van der Waals surface area contributed by atoms with Gasteiger partial charge in [0, 0.05) is 25.2 Å². The fourth-order valence-electron chi connectivity index (χ4n) is 0.621. The molecule has 3 N–H and O–H groups in total. The van der Waals surface area contributed by atoms with E-state index in [0.717, 1.165) is 0 Å². The van der Waals surface area contributed by atoms with Gasteiger partial charge in [0.25, 0.3) is 0 Å². The number of hydrogen-bond donors (Lipinski definition) is 3. The second-order valence-corrected chi connectivity index (χ2v) is 2.41. The van der Waals surface area contributed by atoms with E-state index in [-0.39, 0.29) is 5.75 Å². The smallest absolute Gasteiger partial charge is 0.327 e. The number of carboxylic acids is 1. The summed E-state index contributed by atoms with van der Waals surface area (Å²) in [6.45, 7) is 0. The molecule has 0 bridgehead atoms. The predicted molar refractivity (Wildman–Crippen MR) is 46.4 cm³/mol. The van der Waals surface area contributed by atoms with E-state index in [1.54, 1.807) is 7.05 Å². The van der Waals surface area contributed by atoms with Crippen molar-refractivity contribution in [3.05, 3.63) is 12.4 Å². The number of rotatable bonds is 4. The molecule has 0 radical (unpaired) electrons. The molecule has 0 aliphatic heterocycles. The first kappa shape index (κ1) is 10.2.